The first kappa shape index (κ1) is 15.3. The molecular formula is C14H29N3O. The van der Waals surface area contributed by atoms with Crippen molar-refractivity contribution in [1.29, 1.82) is 0 Å². The summed E-state index contributed by atoms with van der Waals surface area (Å²) < 4.78 is 5.83. The van der Waals surface area contributed by atoms with Gasteiger partial charge in [-0.3, -0.25) is 4.99 Å². The standard InChI is InChI=1S/C14H29N3O/c1-3-10-16-14(15-4-2)17-11-7-12-18-13-8-5-6-9-13/h13H,3-12H2,1-2H3,(H2,15,16,17). The van der Waals surface area contributed by atoms with E-state index in [-0.39, 0.29) is 0 Å². The van der Waals surface area contributed by atoms with Gasteiger partial charge in [0.15, 0.2) is 5.96 Å². The molecule has 0 unspecified atom stereocenters. The molecule has 4 nitrogen and oxygen atoms in total. The van der Waals surface area contributed by atoms with Crippen LogP contribution in [0, 0.1) is 0 Å². The number of hydrogen-bond acceptors (Lipinski definition) is 2. The fourth-order valence-electron chi connectivity index (χ4n) is 2.15. The third-order valence-electron chi connectivity index (χ3n) is 3.11. The van der Waals surface area contributed by atoms with Gasteiger partial charge in [0.25, 0.3) is 0 Å². The Labute approximate surface area is 112 Å². The highest BCUT2D eigenvalue weighted by Crippen LogP contribution is 2.20. The number of nitrogens with zero attached hydrogens (tertiary/aromatic N) is 1. The van der Waals surface area contributed by atoms with E-state index in [1.807, 2.05) is 0 Å². The minimum absolute atomic E-state index is 0.534. The molecule has 18 heavy (non-hydrogen) atoms. The van der Waals surface area contributed by atoms with Gasteiger partial charge in [-0.1, -0.05) is 19.8 Å². The zero-order valence-corrected chi connectivity index (χ0v) is 12.0. The maximum Gasteiger partial charge on any atom is 0.191 e. The summed E-state index contributed by atoms with van der Waals surface area (Å²) in [5.74, 6) is 0.931. The molecule has 0 atom stereocenters. The van der Waals surface area contributed by atoms with Gasteiger partial charge in [0.1, 0.15) is 0 Å². The molecular weight excluding hydrogens is 226 g/mol. The van der Waals surface area contributed by atoms with Crippen LogP contribution in [-0.4, -0.2) is 38.3 Å². The van der Waals surface area contributed by atoms with E-state index in [4.69, 9.17) is 4.74 Å². The van der Waals surface area contributed by atoms with Crippen LogP contribution in [-0.2, 0) is 4.74 Å². The Balaban J connectivity index is 2.02. The number of ether oxygens (including phenoxy) is 1. The van der Waals surface area contributed by atoms with Crippen molar-refractivity contribution in [1.82, 2.24) is 10.6 Å². The summed E-state index contributed by atoms with van der Waals surface area (Å²) in [5.41, 5.74) is 0. The smallest absolute Gasteiger partial charge is 0.191 e. The van der Waals surface area contributed by atoms with Gasteiger partial charge < -0.3 is 15.4 Å². The summed E-state index contributed by atoms with van der Waals surface area (Å²) in [7, 11) is 0. The van der Waals surface area contributed by atoms with Gasteiger partial charge in [-0.25, -0.2) is 0 Å². The fourth-order valence-corrected chi connectivity index (χ4v) is 2.15. The highest BCUT2D eigenvalue weighted by Gasteiger charge is 2.14. The van der Waals surface area contributed by atoms with E-state index in [1.165, 1.54) is 25.7 Å². The van der Waals surface area contributed by atoms with Crippen LogP contribution in [0.1, 0.15) is 52.4 Å². The van der Waals surface area contributed by atoms with Crippen molar-refractivity contribution in [3.05, 3.63) is 0 Å². The minimum Gasteiger partial charge on any atom is -0.378 e. The molecule has 1 fully saturated rings. The van der Waals surface area contributed by atoms with Crippen LogP contribution in [0.2, 0.25) is 0 Å². The molecule has 0 bridgehead atoms. The summed E-state index contributed by atoms with van der Waals surface area (Å²) in [5, 5.41) is 6.59. The average Bonchev–Trinajstić information content (AvgIpc) is 2.88. The van der Waals surface area contributed by atoms with Gasteiger partial charge >= 0.3 is 0 Å². The molecule has 0 aromatic rings. The van der Waals surface area contributed by atoms with E-state index < -0.39 is 0 Å². The molecule has 0 heterocycles. The van der Waals surface area contributed by atoms with Crippen molar-refractivity contribution in [2.24, 2.45) is 4.99 Å². The molecule has 106 valence electrons. The van der Waals surface area contributed by atoms with Gasteiger partial charge in [0.2, 0.25) is 0 Å². The second-order valence-electron chi connectivity index (χ2n) is 4.82. The lowest BCUT2D eigenvalue weighted by Crippen LogP contribution is -2.38. The van der Waals surface area contributed by atoms with Gasteiger partial charge in [-0.15, -0.1) is 0 Å². The van der Waals surface area contributed by atoms with E-state index in [2.05, 4.69) is 29.5 Å². The van der Waals surface area contributed by atoms with Crippen molar-refractivity contribution < 1.29 is 4.74 Å². The predicted molar refractivity (Wildman–Crippen MR) is 77.1 cm³/mol. The number of nitrogens with one attached hydrogen (secondary N) is 2. The molecule has 1 aliphatic carbocycles. The van der Waals surface area contributed by atoms with E-state index in [9.17, 15) is 0 Å². The van der Waals surface area contributed by atoms with Crippen molar-refractivity contribution in [3.8, 4) is 0 Å². The topological polar surface area (TPSA) is 45.7 Å². The Morgan fingerprint density at radius 3 is 2.67 bits per heavy atom. The first-order valence-electron chi connectivity index (χ1n) is 7.50. The molecule has 0 aromatic carbocycles. The predicted octanol–water partition coefficient (Wildman–Crippen LogP) is 2.30. The molecule has 1 saturated carbocycles. The summed E-state index contributed by atoms with van der Waals surface area (Å²) in [6, 6.07) is 0. The van der Waals surface area contributed by atoms with E-state index in [0.29, 0.717) is 6.10 Å². The van der Waals surface area contributed by atoms with Crippen LogP contribution >= 0.6 is 0 Å². The Bertz CT molecular complexity index is 225. The Kier molecular flexibility index (Phi) is 8.65. The van der Waals surface area contributed by atoms with Crippen LogP contribution in [0.15, 0.2) is 4.99 Å². The van der Waals surface area contributed by atoms with E-state index >= 15 is 0 Å². The van der Waals surface area contributed by atoms with E-state index in [1.54, 1.807) is 0 Å². The second-order valence-corrected chi connectivity index (χ2v) is 4.82. The van der Waals surface area contributed by atoms with Crippen LogP contribution in [0.4, 0.5) is 0 Å². The first-order valence-corrected chi connectivity index (χ1v) is 7.50. The van der Waals surface area contributed by atoms with Gasteiger partial charge in [-0.05, 0) is 32.6 Å². The zero-order valence-electron chi connectivity index (χ0n) is 12.0. The van der Waals surface area contributed by atoms with Gasteiger partial charge in [-0.2, -0.15) is 0 Å². The largest absolute Gasteiger partial charge is 0.378 e. The highest BCUT2D eigenvalue weighted by molar-refractivity contribution is 5.79. The summed E-state index contributed by atoms with van der Waals surface area (Å²) in [6.45, 7) is 7.82. The molecule has 0 radical (unpaired) electrons. The SMILES string of the molecule is CCCN=C(NCC)NCCCOC1CCCC1. The molecule has 1 aliphatic rings. The van der Waals surface area contributed by atoms with Gasteiger partial charge in [0.05, 0.1) is 6.10 Å². The van der Waals surface area contributed by atoms with Crippen LogP contribution in [0.25, 0.3) is 0 Å². The molecule has 1 rings (SSSR count). The maximum atomic E-state index is 5.83. The number of hydrogen-bond donors (Lipinski definition) is 2. The Morgan fingerprint density at radius 1 is 1.22 bits per heavy atom. The quantitative estimate of drug-likeness (QED) is 0.397. The third kappa shape index (κ3) is 6.84. The first-order chi connectivity index (χ1) is 8.86. The number of aliphatic imine (C=N–C) groups is 1. The van der Waals surface area contributed by atoms with Crippen LogP contribution in [0.5, 0.6) is 0 Å². The summed E-state index contributed by atoms with van der Waals surface area (Å²) in [6.07, 6.45) is 7.87. The van der Waals surface area contributed by atoms with Gasteiger partial charge in [0, 0.05) is 26.2 Å². The molecule has 0 saturated heterocycles. The summed E-state index contributed by atoms with van der Waals surface area (Å²) in [4.78, 5) is 4.46. The highest BCUT2D eigenvalue weighted by atomic mass is 16.5. The van der Waals surface area contributed by atoms with Crippen LogP contribution in [0.3, 0.4) is 0 Å². The second kappa shape index (κ2) is 10.2. The molecule has 0 aliphatic heterocycles. The molecule has 2 N–H and O–H groups in total. The molecule has 4 heteroatoms. The molecule has 0 spiro atoms. The zero-order chi connectivity index (χ0) is 13.1. The van der Waals surface area contributed by atoms with Crippen molar-refractivity contribution in [2.45, 2.75) is 58.5 Å². The number of guanidine groups is 1. The number of rotatable bonds is 8. The lowest BCUT2D eigenvalue weighted by Gasteiger charge is -2.13. The Morgan fingerprint density at radius 2 is 2.00 bits per heavy atom. The van der Waals surface area contributed by atoms with Crippen molar-refractivity contribution >= 4 is 5.96 Å². The van der Waals surface area contributed by atoms with Crippen LogP contribution < -0.4 is 10.6 Å². The average molecular weight is 255 g/mol. The lowest BCUT2D eigenvalue weighted by molar-refractivity contribution is 0.0574. The lowest BCUT2D eigenvalue weighted by atomic mass is 10.3. The normalized spacial score (nSPS) is 17.1. The maximum absolute atomic E-state index is 5.83. The minimum atomic E-state index is 0.534. The monoisotopic (exact) mass is 255 g/mol. The Hall–Kier alpha value is -0.770. The molecule has 0 aromatic heterocycles. The third-order valence-corrected chi connectivity index (χ3v) is 3.11. The van der Waals surface area contributed by atoms with Crippen molar-refractivity contribution in [2.75, 3.05) is 26.2 Å². The fraction of sp³-hybridized carbons (Fsp3) is 0.929. The summed E-state index contributed by atoms with van der Waals surface area (Å²) >= 11 is 0. The molecule has 0 amide bonds. The van der Waals surface area contributed by atoms with Crippen molar-refractivity contribution in [3.63, 3.8) is 0 Å². The van der Waals surface area contributed by atoms with E-state index in [0.717, 1.165) is 45.0 Å².